The summed E-state index contributed by atoms with van der Waals surface area (Å²) in [6.07, 6.45) is 5.16. The third kappa shape index (κ3) is 5.08. The standard InChI is InChI=1S/C26H28ClN3O4.C2H6/c27-19-14-18-15-20(24(32)30(12-7-13-31)16-17-8-3-1-4-9-17)34-23(18)21-22(19)28-25(33)29-26(21)10-5-2-6-11-26;1-2/h1,3-4,8-9,14-15,31H,2,5-7,10-13,16H2,(H2,28,29,33);1-2H3. The van der Waals surface area contributed by atoms with Gasteiger partial charge in [0.25, 0.3) is 5.91 Å². The van der Waals surface area contributed by atoms with Crippen LogP contribution < -0.4 is 10.6 Å². The normalized spacial score (nSPS) is 15.9. The summed E-state index contributed by atoms with van der Waals surface area (Å²) in [7, 11) is 0. The monoisotopic (exact) mass is 511 g/mol. The van der Waals surface area contributed by atoms with Crippen molar-refractivity contribution in [2.75, 3.05) is 18.5 Å². The molecule has 1 aliphatic carbocycles. The Labute approximate surface area is 216 Å². The molecule has 2 aliphatic rings. The highest BCUT2D eigenvalue weighted by Crippen LogP contribution is 2.49. The molecule has 1 saturated carbocycles. The highest BCUT2D eigenvalue weighted by molar-refractivity contribution is 6.35. The van der Waals surface area contributed by atoms with Crippen molar-refractivity contribution in [2.45, 2.75) is 64.5 Å². The van der Waals surface area contributed by atoms with Crippen molar-refractivity contribution in [2.24, 2.45) is 0 Å². The molecule has 7 nitrogen and oxygen atoms in total. The van der Waals surface area contributed by atoms with E-state index < -0.39 is 5.54 Å². The maximum absolute atomic E-state index is 13.5. The van der Waals surface area contributed by atoms with E-state index in [0.717, 1.165) is 48.6 Å². The van der Waals surface area contributed by atoms with Gasteiger partial charge in [0, 0.05) is 30.6 Å². The minimum absolute atomic E-state index is 0.00426. The Kier molecular flexibility index (Phi) is 8.21. The molecule has 1 spiro atoms. The number of halogens is 1. The van der Waals surface area contributed by atoms with Gasteiger partial charge in [-0.2, -0.15) is 0 Å². The van der Waals surface area contributed by atoms with E-state index in [2.05, 4.69) is 10.6 Å². The zero-order valence-electron chi connectivity index (χ0n) is 20.9. The lowest BCUT2D eigenvalue weighted by Gasteiger charge is -2.42. The van der Waals surface area contributed by atoms with Crippen LogP contribution >= 0.6 is 11.6 Å². The van der Waals surface area contributed by atoms with Crippen LogP contribution in [0.5, 0.6) is 0 Å². The van der Waals surface area contributed by atoms with Crippen molar-refractivity contribution in [1.82, 2.24) is 10.2 Å². The molecule has 0 saturated heterocycles. The number of hydrogen-bond acceptors (Lipinski definition) is 4. The highest BCUT2D eigenvalue weighted by Gasteiger charge is 2.44. The first-order valence-corrected chi connectivity index (χ1v) is 13.2. The Balaban J connectivity index is 0.00000148. The number of aliphatic hydroxyl groups is 1. The fraction of sp³-hybridized carbons (Fsp3) is 0.429. The molecule has 36 heavy (non-hydrogen) atoms. The smallest absolute Gasteiger partial charge is 0.319 e. The van der Waals surface area contributed by atoms with E-state index in [-0.39, 0.29) is 24.3 Å². The minimum atomic E-state index is -0.558. The maximum Gasteiger partial charge on any atom is 0.319 e. The van der Waals surface area contributed by atoms with Crippen LogP contribution in [0.25, 0.3) is 11.0 Å². The number of hydrogen-bond donors (Lipinski definition) is 3. The predicted molar refractivity (Wildman–Crippen MR) is 142 cm³/mol. The van der Waals surface area contributed by atoms with Gasteiger partial charge in [0.1, 0.15) is 5.58 Å². The summed E-state index contributed by atoms with van der Waals surface area (Å²) in [6, 6.07) is 12.9. The number of anilines is 1. The molecule has 3 amide bonds. The Morgan fingerprint density at radius 2 is 1.86 bits per heavy atom. The van der Waals surface area contributed by atoms with Crippen molar-refractivity contribution in [3.8, 4) is 0 Å². The average molecular weight is 512 g/mol. The third-order valence-corrected chi connectivity index (χ3v) is 7.13. The molecular formula is C28H34ClN3O4. The molecule has 192 valence electrons. The summed E-state index contributed by atoms with van der Waals surface area (Å²) in [6.45, 7) is 4.81. The van der Waals surface area contributed by atoms with Crippen LogP contribution in [-0.2, 0) is 12.1 Å². The molecule has 0 unspecified atom stereocenters. The summed E-state index contributed by atoms with van der Waals surface area (Å²) in [5.41, 5.74) is 2.42. The molecule has 0 atom stereocenters. The van der Waals surface area contributed by atoms with Gasteiger partial charge in [0.05, 0.1) is 16.2 Å². The van der Waals surface area contributed by atoms with Gasteiger partial charge in [-0.15, -0.1) is 0 Å². The highest BCUT2D eigenvalue weighted by atomic mass is 35.5. The lowest BCUT2D eigenvalue weighted by molar-refractivity contribution is 0.0702. The van der Waals surface area contributed by atoms with Crippen molar-refractivity contribution >= 4 is 40.2 Å². The van der Waals surface area contributed by atoms with Crippen molar-refractivity contribution in [1.29, 1.82) is 0 Å². The zero-order chi connectivity index (χ0) is 25.7. The first kappa shape index (κ1) is 26.0. The molecule has 0 radical (unpaired) electrons. The fourth-order valence-corrected chi connectivity index (χ4v) is 5.52. The number of fused-ring (bicyclic) bond motifs is 4. The average Bonchev–Trinajstić information content (AvgIpc) is 3.32. The molecule has 2 aromatic carbocycles. The van der Waals surface area contributed by atoms with Crippen molar-refractivity contribution in [3.63, 3.8) is 0 Å². The quantitative estimate of drug-likeness (QED) is 0.355. The molecule has 0 bridgehead atoms. The van der Waals surface area contributed by atoms with E-state index >= 15 is 0 Å². The number of nitrogens with zero attached hydrogens (tertiary/aromatic N) is 1. The number of nitrogens with one attached hydrogen (secondary N) is 2. The van der Waals surface area contributed by atoms with Crippen LogP contribution in [0, 0.1) is 0 Å². The van der Waals surface area contributed by atoms with Gasteiger partial charge in [0.15, 0.2) is 5.76 Å². The maximum atomic E-state index is 13.5. The summed E-state index contributed by atoms with van der Waals surface area (Å²) < 4.78 is 6.24. The van der Waals surface area contributed by atoms with Gasteiger partial charge in [-0.3, -0.25) is 4.79 Å². The molecule has 1 fully saturated rings. The van der Waals surface area contributed by atoms with E-state index in [1.54, 1.807) is 17.0 Å². The van der Waals surface area contributed by atoms with Crippen LogP contribution in [0.1, 0.15) is 74.1 Å². The lowest BCUT2D eigenvalue weighted by Crippen LogP contribution is -2.52. The Bertz CT molecular complexity index is 1220. The number of amides is 3. The lowest BCUT2D eigenvalue weighted by atomic mass is 9.74. The molecule has 2 heterocycles. The van der Waals surface area contributed by atoms with Crippen molar-refractivity contribution < 1.29 is 19.1 Å². The molecule has 3 N–H and O–H groups in total. The predicted octanol–water partition coefficient (Wildman–Crippen LogP) is 6.43. The molecule has 8 heteroatoms. The second-order valence-electron chi connectivity index (χ2n) is 9.15. The number of rotatable bonds is 6. The molecular weight excluding hydrogens is 478 g/mol. The number of carbonyl (C=O) groups is 2. The van der Waals surface area contributed by atoms with Gasteiger partial charge in [0.2, 0.25) is 0 Å². The molecule has 1 aromatic heterocycles. The van der Waals surface area contributed by atoms with Crippen molar-refractivity contribution in [3.05, 3.63) is 64.4 Å². The van der Waals surface area contributed by atoms with Gasteiger partial charge >= 0.3 is 6.03 Å². The number of furan rings is 1. The second kappa shape index (κ2) is 11.4. The van der Waals surface area contributed by atoms with Gasteiger partial charge < -0.3 is 25.1 Å². The number of aliphatic hydroxyl groups excluding tert-OH is 1. The van der Waals surface area contributed by atoms with E-state index in [9.17, 15) is 14.7 Å². The van der Waals surface area contributed by atoms with Gasteiger partial charge in [-0.1, -0.05) is 75.0 Å². The van der Waals surface area contributed by atoms with Crippen LogP contribution in [0.2, 0.25) is 5.02 Å². The summed E-state index contributed by atoms with van der Waals surface area (Å²) in [5, 5.41) is 16.5. The first-order valence-electron chi connectivity index (χ1n) is 12.8. The van der Waals surface area contributed by atoms with E-state index in [1.165, 1.54) is 0 Å². The van der Waals surface area contributed by atoms with E-state index in [0.29, 0.717) is 35.8 Å². The number of urea groups is 1. The van der Waals surface area contributed by atoms with Crippen LogP contribution in [0.3, 0.4) is 0 Å². The Hall–Kier alpha value is -3.03. The number of carbonyl (C=O) groups excluding carboxylic acids is 2. The first-order chi connectivity index (χ1) is 17.5. The van der Waals surface area contributed by atoms with Crippen LogP contribution in [-0.4, -0.2) is 35.1 Å². The molecule has 5 rings (SSSR count). The van der Waals surface area contributed by atoms with Crippen LogP contribution in [0.4, 0.5) is 10.5 Å². The summed E-state index contributed by atoms with van der Waals surface area (Å²) in [5.74, 6) is -0.0277. The largest absolute Gasteiger partial charge is 0.450 e. The number of benzene rings is 2. The Morgan fingerprint density at radius 3 is 2.56 bits per heavy atom. The third-order valence-electron chi connectivity index (χ3n) is 6.84. The topological polar surface area (TPSA) is 94.8 Å². The van der Waals surface area contributed by atoms with Gasteiger partial charge in [-0.25, -0.2) is 4.79 Å². The molecule has 3 aromatic rings. The zero-order valence-corrected chi connectivity index (χ0v) is 21.7. The van der Waals surface area contributed by atoms with Crippen LogP contribution in [0.15, 0.2) is 46.9 Å². The SMILES string of the molecule is CC.O=C1Nc2c(Cl)cc3cc(C(=O)N(CCCO)Cc4ccccc4)oc3c2C2(CCCCC2)N1. The fourth-order valence-electron chi connectivity index (χ4n) is 5.26. The Morgan fingerprint density at radius 1 is 1.14 bits per heavy atom. The molecule has 1 aliphatic heterocycles. The van der Waals surface area contributed by atoms with E-state index in [4.69, 9.17) is 16.0 Å². The second-order valence-corrected chi connectivity index (χ2v) is 9.56. The van der Waals surface area contributed by atoms with Gasteiger partial charge in [-0.05, 0) is 37.0 Å². The van der Waals surface area contributed by atoms with E-state index in [1.807, 2.05) is 44.2 Å². The minimum Gasteiger partial charge on any atom is -0.450 e. The summed E-state index contributed by atoms with van der Waals surface area (Å²) >= 11 is 6.61. The summed E-state index contributed by atoms with van der Waals surface area (Å²) in [4.78, 5) is 27.7.